The summed E-state index contributed by atoms with van der Waals surface area (Å²) in [6.45, 7) is 4.52. The van der Waals surface area contributed by atoms with Gasteiger partial charge in [-0.2, -0.15) is 0 Å². The van der Waals surface area contributed by atoms with Crippen LogP contribution >= 0.6 is 0 Å². The normalized spacial score (nSPS) is 21.5. The highest BCUT2D eigenvalue weighted by molar-refractivity contribution is 5.47. The van der Waals surface area contributed by atoms with E-state index < -0.39 is 0 Å². The Morgan fingerprint density at radius 3 is 2.33 bits per heavy atom. The van der Waals surface area contributed by atoms with Crippen LogP contribution in [-0.2, 0) is 0 Å². The lowest BCUT2D eigenvalue weighted by Crippen LogP contribution is -2.02. The summed E-state index contributed by atoms with van der Waals surface area (Å²) in [5.74, 6) is 0. The smallest absolute Gasteiger partial charge is 0.0238 e. The Hall–Kier alpha value is -1.04. The van der Waals surface area contributed by atoms with Crippen molar-refractivity contribution in [2.45, 2.75) is 46.0 Å². The van der Waals surface area contributed by atoms with E-state index in [2.05, 4.69) is 38.2 Å². The second-order valence-corrected chi connectivity index (χ2v) is 4.40. The molecule has 0 bridgehead atoms. The molecule has 0 aromatic rings. The number of allylic oxidation sites excluding steroid dienone is 8. The minimum Gasteiger partial charge on any atom is -0.0839 e. The van der Waals surface area contributed by atoms with Crippen molar-refractivity contribution >= 4 is 0 Å². The standard InChI is InChI=1S/C15H20/c1-3-13-9-5-7-11-15(13)14-10-6-4-8-12(14)2/h4-5,8-9H,3,6-7,10-11H2,1-2H3. The van der Waals surface area contributed by atoms with Crippen LogP contribution in [0.15, 0.2) is 46.6 Å². The molecule has 0 saturated heterocycles. The second kappa shape index (κ2) is 4.65. The van der Waals surface area contributed by atoms with Crippen LogP contribution in [0.5, 0.6) is 0 Å². The summed E-state index contributed by atoms with van der Waals surface area (Å²) in [6.07, 6.45) is 15.3. The van der Waals surface area contributed by atoms with Crippen molar-refractivity contribution in [2.24, 2.45) is 0 Å². The van der Waals surface area contributed by atoms with Gasteiger partial charge in [0.2, 0.25) is 0 Å². The third-order valence-corrected chi connectivity index (χ3v) is 3.42. The molecule has 0 aromatic heterocycles. The molecule has 0 radical (unpaired) electrons. The van der Waals surface area contributed by atoms with Gasteiger partial charge in [-0.1, -0.05) is 31.2 Å². The maximum Gasteiger partial charge on any atom is -0.0238 e. The van der Waals surface area contributed by atoms with Gasteiger partial charge in [-0.25, -0.2) is 0 Å². The van der Waals surface area contributed by atoms with E-state index in [-0.39, 0.29) is 0 Å². The zero-order valence-electron chi connectivity index (χ0n) is 9.84. The van der Waals surface area contributed by atoms with Crippen LogP contribution in [0.4, 0.5) is 0 Å². The first-order valence-electron chi connectivity index (χ1n) is 6.08. The van der Waals surface area contributed by atoms with Crippen molar-refractivity contribution in [2.75, 3.05) is 0 Å². The fraction of sp³-hybridized carbons (Fsp3) is 0.467. The van der Waals surface area contributed by atoms with Crippen LogP contribution in [0.3, 0.4) is 0 Å². The van der Waals surface area contributed by atoms with Gasteiger partial charge in [0.05, 0.1) is 0 Å². The minimum absolute atomic E-state index is 1.17. The molecule has 0 aromatic carbocycles. The van der Waals surface area contributed by atoms with Gasteiger partial charge in [-0.15, -0.1) is 0 Å². The van der Waals surface area contributed by atoms with E-state index >= 15 is 0 Å². The van der Waals surface area contributed by atoms with Gasteiger partial charge in [0.25, 0.3) is 0 Å². The van der Waals surface area contributed by atoms with Crippen molar-refractivity contribution in [1.29, 1.82) is 0 Å². The fourth-order valence-corrected chi connectivity index (χ4v) is 2.56. The van der Waals surface area contributed by atoms with Crippen molar-refractivity contribution in [3.05, 3.63) is 46.6 Å². The maximum atomic E-state index is 2.33. The predicted molar refractivity (Wildman–Crippen MR) is 66.8 cm³/mol. The molecule has 2 aliphatic carbocycles. The molecule has 0 fully saturated rings. The monoisotopic (exact) mass is 200 g/mol. The summed E-state index contributed by atoms with van der Waals surface area (Å²) < 4.78 is 0. The Labute approximate surface area is 93.1 Å². The summed E-state index contributed by atoms with van der Waals surface area (Å²) in [5.41, 5.74) is 6.31. The molecule has 80 valence electrons. The first-order valence-corrected chi connectivity index (χ1v) is 6.08. The van der Waals surface area contributed by atoms with Crippen molar-refractivity contribution in [3.63, 3.8) is 0 Å². The highest BCUT2D eigenvalue weighted by Gasteiger charge is 2.14. The van der Waals surface area contributed by atoms with Gasteiger partial charge in [-0.05, 0) is 61.3 Å². The van der Waals surface area contributed by atoms with Crippen molar-refractivity contribution < 1.29 is 0 Å². The molecule has 0 aliphatic heterocycles. The predicted octanol–water partition coefficient (Wildman–Crippen LogP) is 4.71. The lowest BCUT2D eigenvalue weighted by Gasteiger charge is -2.21. The van der Waals surface area contributed by atoms with E-state index in [1.165, 1.54) is 37.7 Å². The average molecular weight is 200 g/mol. The van der Waals surface area contributed by atoms with Crippen LogP contribution in [-0.4, -0.2) is 0 Å². The van der Waals surface area contributed by atoms with Gasteiger partial charge in [-0.3, -0.25) is 0 Å². The molecule has 2 aliphatic rings. The van der Waals surface area contributed by atoms with E-state index in [0.29, 0.717) is 0 Å². The SMILES string of the molecule is CCC1=C(C2=C(C)C=CCC2)CCC=C1. The van der Waals surface area contributed by atoms with Crippen LogP contribution in [0.1, 0.15) is 46.0 Å². The van der Waals surface area contributed by atoms with Crippen LogP contribution in [0.25, 0.3) is 0 Å². The molecule has 0 heterocycles. The highest BCUT2D eigenvalue weighted by Crippen LogP contribution is 2.33. The Morgan fingerprint density at radius 1 is 1.00 bits per heavy atom. The molecular weight excluding hydrogens is 180 g/mol. The number of hydrogen-bond donors (Lipinski definition) is 0. The zero-order valence-corrected chi connectivity index (χ0v) is 9.84. The zero-order chi connectivity index (χ0) is 10.7. The molecule has 0 saturated carbocycles. The minimum atomic E-state index is 1.17. The van der Waals surface area contributed by atoms with Gasteiger partial charge in [0, 0.05) is 0 Å². The van der Waals surface area contributed by atoms with Crippen LogP contribution in [0.2, 0.25) is 0 Å². The van der Waals surface area contributed by atoms with E-state index in [1.54, 1.807) is 16.7 Å². The number of rotatable bonds is 2. The topological polar surface area (TPSA) is 0 Å². The summed E-state index contributed by atoms with van der Waals surface area (Å²) in [4.78, 5) is 0. The Kier molecular flexibility index (Phi) is 3.25. The quantitative estimate of drug-likeness (QED) is 0.605. The summed E-state index contributed by atoms with van der Waals surface area (Å²) in [5, 5.41) is 0. The summed E-state index contributed by atoms with van der Waals surface area (Å²) in [7, 11) is 0. The van der Waals surface area contributed by atoms with Gasteiger partial charge >= 0.3 is 0 Å². The molecule has 0 unspecified atom stereocenters. The molecular formula is C15H20. The molecule has 0 N–H and O–H groups in total. The Morgan fingerprint density at radius 2 is 1.67 bits per heavy atom. The van der Waals surface area contributed by atoms with E-state index in [1.807, 2.05) is 0 Å². The molecule has 15 heavy (non-hydrogen) atoms. The molecule has 0 amide bonds. The molecule has 0 spiro atoms. The van der Waals surface area contributed by atoms with Gasteiger partial charge < -0.3 is 0 Å². The van der Waals surface area contributed by atoms with E-state index in [4.69, 9.17) is 0 Å². The largest absolute Gasteiger partial charge is 0.0839 e. The molecule has 0 atom stereocenters. The maximum absolute atomic E-state index is 2.33. The summed E-state index contributed by atoms with van der Waals surface area (Å²) in [6, 6.07) is 0. The van der Waals surface area contributed by atoms with E-state index in [9.17, 15) is 0 Å². The second-order valence-electron chi connectivity index (χ2n) is 4.40. The average Bonchev–Trinajstić information content (AvgIpc) is 2.30. The third-order valence-electron chi connectivity index (χ3n) is 3.42. The Bertz CT molecular complexity index is 361. The molecule has 2 rings (SSSR count). The third kappa shape index (κ3) is 2.14. The van der Waals surface area contributed by atoms with E-state index in [0.717, 1.165) is 0 Å². The molecule has 0 heteroatoms. The molecule has 0 nitrogen and oxygen atoms in total. The lowest BCUT2D eigenvalue weighted by atomic mass is 9.84. The number of hydrogen-bond acceptors (Lipinski definition) is 0. The van der Waals surface area contributed by atoms with Gasteiger partial charge in [0.1, 0.15) is 0 Å². The summed E-state index contributed by atoms with van der Waals surface area (Å²) >= 11 is 0. The first kappa shape index (κ1) is 10.5. The van der Waals surface area contributed by atoms with Crippen LogP contribution in [0, 0.1) is 0 Å². The highest BCUT2D eigenvalue weighted by atomic mass is 14.2. The fourth-order valence-electron chi connectivity index (χ4n) is 2.56. The lowest BCUT2D eigenvalue weighted by molar-refractivity contribution is 0.859. The van der Waals surface area contributed by atoms with Gasteiger partial charge in [0.15, 0.2) is 0 Å². The van der Waals surface area contributed by atoms with Crippen LogP contribution < -0.4 is 0 Å². The first-order chi connectivity index (χ1) is 7.33. The van der Waals surface area contributed by atoms with Crippen molar-refractivity contribution in [1.82, 2.24) is 0 Å². The van der Waals surface area contributed by atoms with Crippen molar-refractivity contribution in [3.8, 4) is 0 Å². The Balaban J connectivity index is 2.40.